The van der Waals surface area contributed by atoms with Crippen LogP contribution in [0.15, 0.2) is 18.3 Å². The highest BCUT2D eigenvalue weighted by molar-refractivity contribution is 5.85. The van der Waals surface area contributed by atoms with E-state index in [1.165, 1.54) is 6.42 Å². The highest BCUT2D eigenvalue weighted by Gasteiger charge is 2.30. The van der Waals surface area contributed by atoms with Crippen LogP contribution in [0.4, 0.5) is 5.82 Å². The molecule has 2 saturated heterocycles. The normalized spacial score (nSPS) is 18.6. The summed E-state index contributed by atoms with van der Waals surface area (Å²) in [6.45, 7) is 11.1. The van der Waals surface area contributed by atoms with Crippen molar-refractivity contribution in [1.29, 1.82) is 5.26 Å². The Balaban J connectivity index is 0.00000280. The number of anilines is 1. The van der Waals surface area contributed by atoms with Crippen molar-refractivity contribution in [2.24, 2.45) is 11.8 Å². The molecule has 0 spiro atoms. The van der Waals surface area contributed by atoms with E-state index in [2.05, 4.69) is 39.6 Å². The summed E-state index contributed by atoms with van der Waals surface area (Å²) < 4.78 is 0. The molecule has 7 heteroatoms. The van der Waals surface area contributed by atoms with Gasteiger partial charge in [0, 0.05) is 51.4 Å². The summed E-state index contributed by atoms with van der Waals surface area (Å²) in [5.74, 6) is 2.12. The van der Waals surface area contributed by atoms with E-state index in [4.69, 9.17) is 5.26 Å². The van der Waals surface area contributed by atoms with Gasteiger partial charge in [0.15, 0.2) is 0 Å². The number of rotatable bonds is 5. The Hall–Kier alpha value is -1.84. The molecule has 154 valence electrons. The van der Waals surface area contributed by atoms with Gasteiger partial charge in [-0.25, -0.2) is 4.98 Å². The van der Waals surface area contributed by atoms with E-state index < -0.39 is 0 Å². The molecule has 0 N–H and O–H groups in total. The predicted octanol–water partition coefficient (Wildman–Crippen LogP) is 2.78. The van der Waals surface area contributed by atoms with E-state index in [0.717, 1.165) is 70.4 Å². The first-order valence-corrected chi connectivity index (χ1v) is 10.2. The highest BCUT2D eigenvalue weighted by Crippen LogP contribution is 2.24. The quantitative estimate of drug-likeness (QED) is 0.753. The Labute approximate surface area is 174 Å². The minimum atomic E-state index is 0. The number of aromatic nitrogens is 1. The zero-order valence-electron chi connectivity index (χ0n) is 17.0. The number of halogens is 1. The molecule has 2 aliphatic heterocycles. The third kappa shape index (κ3) is 5.83. The van der Waals surface area contributed by atoms with Crippen LogP contribution in [0, 0.1) is 23.2 Å². The fourth-order valence-corrected chi connectivity index (χ4v) is 3.89. The number of carbonyl (C=O) groups is 1. The average Bonchev–Trinajstić information content (AvgIpc) is 2.72. The van der Waals surface area contributed by atoms with Crippen LogP contribution in [0.3, 0.4) is 0 Å². The summed E-state index contributed by atoms with van der Waals surface area (Å²) in [6.07, 6.45) is 4.61. The molecule has 1 amide bonds. The van der Waals surface area contributed by atoms with Crippen LogP contribution in [0.1, 0.15) is 38.7 Å². The van der Waals surface area contributed by atoms with Crippen molar-refractivity contribution in [2.45, 2.75) is 33.1 Å². The molecule has 2 fully saturated rings. The minimum absolute atomic E-state index is 0. The second-order valence-corrected chi connectivity index (χ2v) is 8.13. The van der Waals surface area contributed by atoms with Crippen LogP contribution in [-0.2, 0) is 4.79 Å². The third-order valence-electron chi connectivity index (χ3n) is 5.75. The zero-order chi connectivity index (χ0) is 19.2. The van der Waals surface area contributed by atoms with Gasteiger partial charge < -0.3 is 9.80 Å². The molecule has 3 rings (SSSR count). The highest BCUT2D eigenvalue weighted by atomic mass is 35.5. The molecule has 1 aromatic heterocycles. The molecule has 1 aromatic rings. The summed E-state index contributed by atoms with van der Waals surface area (Å²) in [6, 6.07) is 5.80. The first kappa shape index (κ1) is 22.4. The smallest absolute Gasteiger partial charge is 0.225 e. The summed E-state index contributed by atoms with van der Waals surface area (Å²) >= 11 is 0. The van der Waals surface area contributed by atoms with Gasteiger partial charge in [-0.15, -0.1) is 12.4 Å². The predicted molar refractivity (Wildman–Crippen MR) is 114 cm³/mol. The minimum Gasteiger partial charge on any atom is -0.357 e. The Morgan fingerprint density at radius 3 is 2.39 bits per heavy atom. The first-order valence-electron chi connectivity index (χ1n) is 10.2. The Morgan fingerprint density at radius 1 is 1.18 bits per heavy atom. The fraction of sp³-hybridized carbons (Fsp3) is 0.667. The summed E-state index contributed by atoms with van der Waals surface area (Å²) in [7, 11) is 0. The molecular weight excluding hydrogens is 374 g/mol. The maximum atomic E-state index is 12.9. The SMILES string of the molecule is CC(C)CCN1CCN(C(=O)C2CCN(c3ccc(C#N)cn3)CC2)CC1.Cl. The van der Waals surface area contributed by atoms with Crippen LogP contribution in [0.2, 0.25) is 0 Å². The first-order chi connectivity index (χ1) is 13.1. The van der Waals surface area contributed by atoms with Crippen molar-refractivity contribution in [1.82, 2.24) is 14.8 Å². The maximum absolute atomic E-state index is 12.9. The number of amides is 1. The number of hydrogen-bond donors (Lipinski definition) is 0. The Kier molecular flexibility index (Phi) is 8.53. The van der Waals surface area contributed by atoms with Gasteiger partial charge in [0.05, 0.1) is 5.56 Å². The van der Waals surface area contributed by atoms with Gasteiger partial charge >= 0.3 is 0 Å². The van der Waals surface area contributed by atoms with Crippen LogP contribution >= 0.6 is 12.4 Å². The molecule has 6 nitrogen and oxygen atoms in total. The van der Waals surface area contributed by atoms with Crippen LogP contribution in [0.5, 0.6) is 0 Å². The van der Waals surface area contributed by atoms with Gasteiger partial charge in [-0.05, 0) is 43.9 Å². The van der Waals surface area contributed by atoms with Gasteiger partial charge in [0.1, 0.15) is 11.9 Å². The molecule has 0 unspecified atom stereocenters. The lowest BCUT2D eigenvalue weighted by atomic mass is 9.95. The molecule has 0 bridgehead atoms. The van der Waals surface area contributed by atoms with Gasteiger partial charge in [0.2, 0.25) is 5.91 Å². The molecule has 0 aromatic carbocycles. The van der Waals surface area contributed by atoms with E-state index in [9.17, 15) is 4.79 Å². The standard InChI is InChI=1S/C21H31N5O.ClH/c1-17(2)5-8-24-11-13-26(14-12-24)21(27)19-6-9-25(10-7-19)20-4-3-18(15-22)16-23-20;/h3-4,16-17,19H,5-14H2,1-2H3;1H. The summed E-state index contributed by atoms with van der Waals surface area (Å²) in [5.41, 5.74) is 0.580. The third-order valence-corrected chi connectivity index (χ3v) is 5.75. The number of piperazine rings is 1. The van der Waals surface area contributed by atoms with E-state index in [1.807, 2.05) is 6.07 Å². The van der Waals surface area contributed by atoms with Gasteiger partial charge in [-0.3, -0.25) is 9.69 Å². The topological polar surface area (TPSA) is 63.5 Å². The average molecular weight is 406 g/mol. The van der Waals surface area contributed by atoms with Crippen molar-refractivity contribution in [3.63, 3.8) is 0 Å². The number of nitriles is 1. The molecule has 0 aliphatic carbocycles. The largest absolute Gasteiger partial charge is 0.357 e. The monoisotopic (exact) mass is 405 g/mol. The molecule has 0 atom stereocenters. The fourth-order valence-electron chi connectivity index (χ4n) is 3.89. The van der Waals surface area contributed by atoms with Crippen molar-refractivity contribution in [3.05, 3.63) is 23.9 Å². The van der Waals surface area contributed by atoms with Crippen LogP contribution in [-0.4, -0.2) is 66.5 Å². The van der Waals surface area contributed by atoms with Gasteiger partial charge in [0.25, 0.3) is 0 Å². The Bertz CT molecular complexity index is 656. The lowest BCUT2D eigenvalue weighted by Crippen LogP contribution is -2.51. The summed E-state index contributed by atoms with van der Waals surface area (Å²) in [4.78, 5) is 24.0. The molecule has 0 radical (unpaired) electrons. The molecular formula is C21H32ClN5O. The van der Waals surface area contributed by atoms with Crippen molar-refractivity contribution in [2.75, 3.05) is 50.7 Å². The van der Waals surface area contributed by atoms with E-state index >= 15 is 0 Å². The number of nitrogens with zero attached hydrogens (tertiary/aromatic N) is 5. The van der Waals surface area contributed by atoms with Crippen molar-refractivity contribution < 1.29 is 4.79 Å². The molecule has 2 aliphatic rings. The molecule has 3 heterocycles. The number of pyridine rings is 1. The van der Waals surface area contributed by atoms with E-state index in [-0.39, 0.29) is 18.3 Å². The van der Waals surface area contributed by atoms with Gasteiger partial charge in [-0.2, -0.15) is 5.26 Å². The lowest BCUT2D eigenvalue weighted by molar-refractivity contribution is -0.138. The lowest BCUT2D eigenvalue weighted by Gasteiger charge is -2.39. The van der Waals surface area contributed by atoms with Crippen molar-refractivity contribution >= 4 is 24.1 Å². The summed E-state index contributed by atoms with van der Waals surface area (Å²) in [5, 5.41) is 8.88. The maximum Gasteiger partial charge on any atom is 0.225 e. The van der Waals surface area contributed by atoms with Gasteiger partial charge in [-0.1, -0.05) is 13.8 Å². The van der Waals surface area contributed by atoms with E-state index in [0.29, 0.717) is 11.5 Å². The number of piperidine rings is 1. The number of hydrogen-bond acceptors (Lipinski definition) is 5. The zero-order valence-corrected chi connectivity index (χ0v) is 17.8. The van der Waals surface area contributed by atoms with Crippen LogP contribution < -0.4 is 4.90 Å². The van der Waals surface area contributed by atoms with Crippen LogP contribution in [0.25, 0.3) is 0 Å². The van der Waals surface area contributed by atoms with E-state index in [1.54, 1.807) is 12.3 Å². The molecule has 0 saturated carbocycles. The number of carbonyl (C=O) groups excluding carboxylic acids is 1. The van der Waals surface area contributed by atoms with Crippen molar-refractivity contribution in [3.8, 4) is 6.07 Å². The second-order valence-electron chi connectivity index (χ2n) is 8.13. The molecule has 28 heavy (non-hydrogen) atoms. The Morgan fingerprint density at radius 2 is 1.86 bits per heavy atom. The second kappa shape index (κ2) is 10.6.